The Morgan fingerprint density at radius 2 is 1.04 bits per heavy atom. The van der Waals surface area contributed by atoms with Crippen molar-refractivity contribution < 1.29 is 71.3 Å². The van der Waals surface area contributed by atoms with Gasteiger partial charge in [0.1, 0.15) is 0 Å². The fourth-order valence-electron chi connectivity index (χ4n) is 0.922. The lowest BCUT2D eigenvalue weighted by Gasteiger charge is -2.38. The van der Waals surface area contributed by atoms with Crippen LogP contribution in [0.5, 0.6) is 0 Å². The smallest absolute Gasteiger partial charge is 0.274 e. The maximum atomic E-state index is 13.6. The maximum Gasteiger partial charge on any atom is 0.458 e. The Hall–Kier alpha value is -0.450. The van der Waals surface area contributed by atoms with E-state index in [0.717, 1.165) is 0 Å². The lowest BCUT2D eigenvalue weighted by atomic mass is 10.2. The van der Waals surface area contributed by atoms with Crippen LogP contribution in [-0.2, 0) is 14.3 Å². The summed E-state index contributed by atoms with van der Waals surface area (Å²) in [6, 6.07) is 0. The van der Waals surface area contributed by atoms with Gasteiger partial charge in [0.05, 0.1) is 0 Å². The minimum atomic E-state index is -7.50. The van der Waals surface area contributed by atoms with Crippen molar-refractivity contribution in [3.05, 3.63) is 0 Å². The van der Waals surface area contributed by atoms with Crippen molar-refractivity contribution in [2.75, 3.05) is 0 Å². The number of hydrogen-bond acceptors (Lipinski definition) is 3. The highest BCUT2D eigenvalue weighted by Gasteiger charge is 2.82. The third kappa shape index (κ3) is 4.94. The number of rotatable bonds is 8. The van der Waals surface area contributed by atoms with E-state index in [0.29, 0.717) is 0 Å². The molecule has 3 nitrogen and oxygen atoms in total. The van der Waals surface area contributed by atoms with Gasteiger partial charge in [0.2, 0.25) is 0 Å². The lowest BCUT2D eigenvalue weighted by Crippen LogP contribution is -2.65. The topological polar surface area (TPSA) is 35.5 Å². The molecule has 0 aliphatic carbocycles. The average molecular weight is 497 g/mol. The summed E-state index contributed by atoms with van der Waals surface area (Å²) in [5.74, 6) is -14.0. The van der Waals surface area contributed by atoms with Gasteiger partial charge in [-0.1, -0.05) is 0 Å². The monoisotopic (exact) mass is 496 g/mol. The van der Waals surface area contributed by atoms with E-state index in [1.54, 1.807) is 4.74 Å². The molecule has 0 aromatic rings. The Labute approximate surface area is 153 Å². The molecule has 0 spiro atoms. The number of ether oxygens (including phenoxy) is 2. The van der Waals surface area contributed by atoms with E-state index in [-0.39, 0.29) is 0 Å². The van der Waals surface area contributed by atoms with Crippen LogP contribution in [0.3, 0.4) is 0 Å². The third-order valence-electron chi connectivity index (χ3n) is 2.21. The van der Waals surface area contributed by atoms with Crippen LogP contribution in [0.2, 0.25) is 0 Å². The molecule has 0 fully saturated rings. The van der Waals surface area contributed by atoms with Crippen LogP contribution in [0.15, 0.2) is 0 Å². The number of hydrogen-bond donors (Lipinski definition) is 0. The maximum absolute atomic E-state index is 13.6. The van der Waals surface area contributed by atoms with Crippen molar-refractivity contribution in [1.29, 1.82) is 0 Å². The molecule has 0 N–H and O–H groups in total. The van der Waals surface area contributed by atoms with Crippen molar-refractivity contribution >= 4 is 40.0 Å². The van der Waals surface area contributed by atoms with E-state index >= 15 is 0 Å². The first-order chi connectivity index (χ1) is 11.4. The first-order valence-electron chi connectivity index (χ1n) is 5.29. The summed E-state index contributed by atoms with van der Waals surface area (Å²) >= 11 is 11.6. The van der Waals surface area contributed by atoms with Crippen molar-refractivity contribution in [2.45, 2.75) is 40.9 Å². The fourth-order valence-corrected chi connectivity index (χ4v) is 1.17. The molecule has 0 radical (unpaired) electrons. The number of carbonyl (C=O) groups is 1. The molecule has 0 bridgehead atoms. The summed E-state index contributed by atoms with van der Waals surface area (Å²) in [7, 11) is 0. The molecule has 0 aliphatic heterocycles. The molecule has 0 aliphatic rings. The molecule has 0 aromatic heterocycles. The van der Waals surface area contributed by atoms with Gasteiger partial charge in [-0.25, -0.2) is 0 Å². The molecule has 0 aromatic carbocycles. The summed E-state index contributed by atoms with van der Waals surface area (Å²) in [6.45, 7) is 0. The van der Waals surface area contributed by atoms with Crippen molar-refractivity contribution in [3.63, 3.8) is 0 Å². The minimum Gasteiger partial charge on any atom is -0.274 e. The largest absolute Gasteiger partial charge is 0.458 e. The second-order valence-electron chi connectivity index (χ2n) is 4.19. The molecular formula is C8Cl3F13O3. The van der Waals surface area contributed by atoms with E-state index < -0.39 is 46.1 Å². The first kappa shape index (κ1) is 26.6. The van der Waals surface area contributed by atoms with Gasteiger partial charge in [0, 0.05) is 0 Å². The zero-order valence-electron chi connectivity index (χ0n) is 11.3. The Morgan fingerprint density at radius 1 is 0.667 bits per heavy atom. The molecular weight excluding hydrogens is 497 g/mol. The SMILES string of the molecule is O=C(Cl)C(F)(F)C(F)(F)OC(F)(C(F)(F)F)C(F)(F)OC(F)(Cl)C(F)(F)Cl. The number of carbonyl (C=O) groups excluding carboxylic acids is 1. The van der Waals surface area contributed by atoms with Gasteiger partial charge in [0.25, 0.3) is 0 Å². The molecule has 19 heteroatoms. The van der Waals surface area contributed by atoms with Crippen LogP contribution in [0.1, 0.15) is 0 Å². The molecule has 0 rings (SSSR count). The lowest BCUT2D eigenvalue weighted by molar-refractivity contribution is -0.527. The van der Waals surface area contributed by atoms with Gasteiger partial charge < -0.3 is 0 Å². The normalized spacial score (nSPS) is 19.4. The van der Waals surface area contributed by atoms with E-state index in [4.69, 9.17) is 0 Å². The van der Waals surface area contributed by atoms with Crippen molar-refractivity contribution in [1.82, 2.24) is 0 Å². The Morgan fingerprint density at radius 3 is 1.30 bits per heavy atom. The van der Waals surface area contributed by atoms with Gasteiger partial charge in [-0.2, -0.15) is 57.1 Å². The zero-order chi connectivity index (χ0) is 22.5. The van der Waals surface area contributed by atoms with E-state index in [9.17, 15) is 61.9 Å². The van der Waals surface area contributed by atoms with Gasteiger partial charge in [0.15, 0.2) is 0 Å². The molecule has 0 saturated carbocycles. The second-order valence-corrected chi connectivity index (χ2v) is 5.50. The molecule has 27 heavy (non-hydrogen) atoms. The van der Waals surface area contributed by atoms with E-state index in [2.05, 4.69) is 34.8 Å². The van der Waals surface area contributed by atoms with Crippen molar-refractivity contribution in [3.8, 4) is 0 Å². The van der Waals surface area contributed by atoms with Gasteiger partial charge in [-0.3, -0.25) is 14.3 Å². The highest BCUT2D eigenvalue weighted by molar-refractivity contribution is 6.65. The summed E-state index contributed by atoms with van der Waals surface area (Å²) < 4.78 is 170. The Bertz CT molecular complexity index is 572. The molecule has 0 amide bonds. The average Bonchev–Trinajstić information content (AvgIpc) is 2.33. The van der Waals surface area contributed by atoms with Crippen LogP contribution in [0.25, 0.3) is 0 Å². The van der Waals surface area contributed by atoms with Gasteiger partial charge >= 0.3 is 46.1 Å². The van der Waals surface area contributed by atoms with Crippen LogP contribution in [-0.4, -0.2) is 46.1 Å². The van der Waals surface area contributed by atoms with Crippen LogP contribution < -0.4 is 0 Å². The first-order valence-corrected chi connectivity index (χ1v) is 6.43. The summed E-state index contributed by atoms with van der Waals surface area (Å²) in [5, 5.41) is -15.2. The quantitative estimate of drug-likeness (QED) is 0.252. The molecule has 162 valence electrons. The third-order valence-corrected chi connectivity index (χ3v) is 3.10. The highest BCUT2D eigenvalue weighted by Crippen LogP contribution is 2.55. The predicted molar refractivity (Wildman–Crippen MR) is 58.3 cm³/mol. The molecule has 0 heterocycles. The van der Waals surface area contributed by atoms with Crippen LogP contribution in [0, 0.1) is 0 Å². The van der Waals surface area contributed by atoms with Crippen LogP contribution >= 0.6 is 34.8 Å². The fraction of sp³-hybridized carbons (Fsp3) is 0.875. The molecule has 2 unspecified atom stereocenters. The summed E-state index contributed by atoms with van der Waals surface area (Å²) in [5.41, 5.74) is 0. The van der Waals surface area contributed by atoms with Gasteiger partial charge in [-0.15, -0.1) is 0 Å². The summed E-state index contributed by atoms with van der Waals surface area (Å²) in [6.07, 6.45) is -21.9. The standard InChI is InChI=1S/C8Cl3F13O3/c9-1(25)2(12,13)7(21,22)26-3(14,6(18,19)20)8(23,24)27-5(11,17)4(10,15)16. The highest BCUT2D eigenvalue weighted by atomic mass is 35.5. The Kier molecular flexibility index (Phi) is 6.99. The van der Waals surface area contributed by atoms with Crippen LogP contribution in [0.4, 0.5) is 57.1 Å². The second kappa shape index (κ2) is 7.11. The van der Waals surface area contributed by atoms with Gasteiger partial charge in [-0.05, 0) is 34.8 Å². The number of halogens is 16. The zero-order valence-corrected chi connectivity index (χ0v) is 13.5. The molecule has 2 atom stereocenters. The van der Waals surface area contributed by atoms with Crippen molar-refractivity contribution in [2.24, 2.45) is 0 Å². The minimum absolute atomic E-state index is 1.67. The predicted octanol–water partition coefficient (Wildman–Crippen LogP) is 5.53. The summed E-state index contributed by atoms with van der Waals surface area (Å²) in [4.78, 5) is 10.1. The van der Waals surface area contributed by atoms with E-state index in [1.165, 1.54) is 0 Å². The molecule has 0 saturated heterocycles. The Balaban J connectivity index is 6.31. The van der Waals surface area contributed by atoms with E-state index in [1.807, 2.05) is 4.74 Å². The number of alkyl halides is 15.